The molecular formula is C28H29BrN2O. The molecule has 164 valence electrons. The maximum atomic E-state index is 14.0. The molecule has 4 atom stereocenters. The molecule has 3 nitrogen and oxygen atoms in total. The number of carbonyl (C=O) groups is 1. The second-order valence-corrected chi connectivity index (χ2v) is 9.93. The highest BCUT2D eigenvalue weighted by molar-refractivity contribution is 9.10. The lowest BCUT2D eigenvalue weighted by Crippen LogP contribution is -2.45. The maximum absolute atomic E-state index is 14.0. The van der Waals surface area contributed by atoms with Crippen LogP contribution in [0.5, 0.6) is 0 Å². The van der Waals surface area contributed by atoms with E-state index in [1.807, 2.05) is 6.07 Å². The molecule has 1 amide bonds. The summed E-state index contributed by atoms with van der Waals surface area (Å²) in [7, 11) is 0. The molecule has 0 spiro atoms. The van der Waals surface area contributed by atoms with Gasteiger partial charge in [0.1, 0.15) is 0 Å². The van der Waals surface area contributed by atoms with Crippen molar-refractivity contribution in [3.8, 4) is 0 Å². The lowest BCUT2D eigenvalue weighted by molar-refractivity contribution is -0.139. The Hall–Kier alpha value is -2.43. The summed E-state index contributed by atoms with van der Waals surface area (Å²) in [5.74, 6) is 0.959. The van der Waals surface area contributed by atoms with Crippen LogP contribution in [-0.2, 0) is 4.79 Å². The number of nitrogens with zero attached hydrogens (tertiary/aromatic N) is 1. The minimum absolute atomic E-state index is 0.0243. The summed E-state index contributed by atoms with van der Waals surface area (Å²) in [4.78, 5) is 16.1. The zero-order valence-electron chi connectivity index (χ0n) is 18.2. The van der Waals surface area contributed by atoms with Crippen LogP contribution in [0.25, 0.3) is 0 Å². The molecule has 3 aromatic carbocycles. The molecule has 32 heavy (non-hydrogen) atoms. The van der Waals surface area contributed by atoms with Gasteiger partial charge in [-0.2, -0.15) is 0 Å². The Morgan fingerprint density at radius 2 is 1.53 bits per heavy atom. The summed E-state index contributed by atoms with van der Waals surface area (Å²) in [5, 5.41) is 3.49. The minimum Gasteiger partial charge on any atom is -0.335 e. The fourth-order valence-corrected chi connectivity index (χ4v) is 5.90. The average molecular weight is 489 g/mol. The van der Waals surface area contributed by atoms with Crippen molar-refractivity contribution in [2.45, 2.75) is 30.7 Å². The smallest absolute Gasteiger partial charge is 0.228 e. The van der Waals surface area contributed by atoms with Crippen molar-refractivity contribution in [2.75, 3.05) is 19.6 Å². The van der Waals surface area contributed by atoms with Gasteiger partial charge in [0.2, 0.25) is 5.91 Å². The highest BCUT2D eigenvalue weighted by Gasteiger charge is 2.41. The average Bonchev–Trinajstić information content (AvgIpc) is 3.34. The number of carbonyl (C=O) groups excluding carboxylic acids is 1. The first kappa shape index (κ1) is 21.4. The van der Waals surface area contributed by atoms with E-state index in [1.165, 1.54) is 16.7 Å². The molecule has 4 heteroatoms. The highest BCUT2D eigenvalue weighted by atomic mass is 79.9. The predicted octanol–water partition coefficient (Wildman–Crippen LogP) is 5.90. The van der Waals surface area contributed by atoms with E-state index in [4.69, 9.17) is 0 Å². The zero-order valence-corrected chi connectivity index (χ0v) is 19.7. The Balaban J connectivity index is 1.42. The number of rotatable bonds is 4. The Labute approximate surface area is 199 Å². The van der Waals surface area contributed by atoms with Gasteiger partial charge in [-0.05, 0) is 47.6 Å². The van der Waals surface area contributed by atoms with Crippen LogP contribution in [0, 0.1) is 5.92 Å². The van der Waals surface area contributed by atoms with Gasteiger partial charge in [0.15, 0.2) is 0 Å². The quantitative estimate of drug-likeness (QED) is 0.495. The van der Waals surface area contributed by atoms with Gasteiger partial charge in [-0.3, -0.25) is 4.79 Å². The van der Waals surface area contributed by atoms with Crippen LogP contribution in [0.3, 0.4) is 0 Å². The topological polar surface area (TPSA) is 32.3 Å². The second-order valence-electron chi connectivity index (χ2n) is 9.02. The molecule has 2 aliphatic heterocycles. The fraction of sp³-hybridized carbons (Fsp3) is 0.321. The molecule has 2 heterocycles. The Morgan fingerprint density at radius 1 is 0.844 bits per heavy atom. The third-order valence-electron chi connectivity index (χ3n) is 7.15. The van der Waals surface area contributed by atoms with Crippen molar-refractivity contribution in [3.63, 3.8) is 0 Å². The van der Waals surface area contributed by atoms with Crippen molar-refractivity contribution in [1.82, 2.24) is 10.2 Å². The van der Waals surface area contributed by atoms with Crippen LogP contribution in [0.1, 0.15) is 47.4 Å². The molecule has 2 unspecified atom stereocenters. The molecule has 0 saturated carbocycles. The summed E-state index contributed by atoms with van der Waals surface area (Å²) >= 11 is 3.60. The van der Waals surface area contributed by atoms with E-state index >= 15 is 0 Å². The first-order valence-electron chi connectivity index (χ1n) is 11.6. The predicted molar refractivity (Wildman–Crippen MR) is 133 cm³/mol. The molecule has 2 fully saturated rings. The number of piperidine rings is 1. The van der Waals surface area contributed by atoms with Gasteiger partial charge in [-0.1, -0.05) is 88.7 Å². The van der Waals surface area contributed by atoms with Gasteiger partial charge in [-0.15, -0.1) is 0 Å². The van der Waals surface area contributed by atoms with E-state index in [0.29, 0.717) is 11.8 Å². The third kappa shape index (κ3) is 4.39. The third-order valence-corrected chi connectivity index (χ3v) is 7.64. The molecule has 0 bridgehead atoms. The van der Waals surface area contributed by atoms with Crippen molar-refractivity contribution >= 4 is 21.8 Å². The number of likely N-dealkylation sites (tertiary alicyclic amines) is 1. The van der Waals surface area contributed by atoms with Crippen LogP contribution >= 0.6 is 15.9 Å². The van der Waals surface area contributed by atoms with E-state index in [0.717, 1.165) is 36.9 Å². The van der Waals surface area contributed by atoms with Crippen LogP contribution in [-0.4, -0.2) is 30.4 Å². The highest BCUT2D eigenvalue weighted by Crippen LogP contribution is 2.41. The van der Waals surface area contributed by atoms with Crippen LogP contribution < -0.4 is 5.32 Å². The molecule has 2 aliphatic rings. The van der Waals surface area contributed by atoms with E-state index in [9.17, 15) is 4.79 Å². The molecule has 5 rings (SSSR count). The number of nitrogens with one attached hydrogen (secondary N) is 1. The first-order chi connectivity index (χ1) is 15.7. The van der Waals surface area contributed by atoms with Crippen LogP contribution in [0.15, 0.2) is 89.4 Å². The van der Waals surface area contributed by atoms with Gasteiger partial charge in [0.05, 0.1) is 12.0 Å². The van der Waals surface area contributed by atoms with Gasteiger partial charge in [0, 0.05) is 30.0 Å². The van der Waals surface area contributed by atoms with Crippen LogP contribution in [0.4, 0.5) is 0 Å². The second kappa shape index (κ2) is 9.60. The SMILES string of the molecule is O=C([C@@H]1CNC[C@H]1c1cccc(Br)c1)N1CCC(c2ccccc2)CC1c1ccccc1. The lowest BCUT2D eigenvalue weighted by atomic mass is 9.81. The van der Waals surface area contributed by atoms with Crippen molar-refractivity contribution in [2.24, 2.45) is 5.92 Å². The van der Waals surface area contributed by atoms with E-state index < -0.39 is 0 Å². The molecule has 3 aromatic rings. The number of halogens is 1. The minimum atomic E-state index is -0.0243. The monoisotopic (exact) mass is 488 g/mol. The van der Waals surface area contributed by atoms with Crippen molar-refractivity contribution < 1.29 is 4.79 Å². The normalized spacial score (nSPS) is 25.6. The maximum Gasteiger partial charge on any atom is 0.228 e. The Morgan fingerprint density at radius 3 is 2.25 bits per heavy atom. The summed E-state index contributed by atoms with van der Waals surface area (Å²) in [6.07, 6.45) is 1.99. The van der Waals surface area contributed by atoms with Gasteiger partial charge in [-0.25, -0.2) is 0 Å². The number of benzene rings is 3. The molecule has 1 N–H and O–H groups in total. The van der Waals surface area contributed by atoms with Gasteiger partial charge < -0.3 is 10.2 Å². The van der Waals surface area contributed by atoms with E-state index in [1.54, 1.807) is 0 Å². The number of hydrogen-bond acceptors (Lipinski definition) is 2. The fourth-order valence-electron chi connectivity index (χ4n) is 5.49. The van der Waals surface area contributed by atoms with Crippen molar-refractivity contribution in [3.05, 3.63) is 106 Å². The standard InChI is InChI=1S/C28H29BrN2O/c29-24-13-7-12-23(16-24)25-18-30-19-26(25)28(32)31-15-14-22(20-8-3-1-4-9-20)17-27(31)21-10-5-2-6-11-21/h1-13,16,22,25-27,30H,14-15,17-19H2/t22?,25-,26+,27?/m0/s1. The zero-order chi connectivity index (χ0) is 21.9. The summed E-state index contributed by atoms with van der Waals surface area (Å²) in [5.41, 5.74) is 3.86. The molecule has 0 aliphatic carbocycles. The van der Waals surface area contributed by atoms with Crippen molar-refractivity contribution in [1.29, 1.82) is 0 Å². The summed E-state index contributed by atoms with van der Waals surface area (Å²) in [6, 6.07) is 29.9. The number of amides is 1. The van der Waals surface area contributed by atoms with Crippen LogP contribution in [0.2, 0.25) is 0 Å². The van der Waals surface area contributed by atoms with Gasteiger partial charge in [0.25, 0.3) is 0 Å². The van der Waals surface area contributed by atoms with E-state index in [2.05, 4.69) is 105 Å². The van der Waals surface area contributed by atoms with E-state index in [-0.39, 0.29) is 17.9 Å². The molecule has 0 aromatic heterocycles. The number of hydrogen-bond donors (Lipinski definition) is 1. The summed E-state index contributed by atoms with van der Waals surface area (Å²) in [6.45, 7) is 2.40. The molecule has 0 radical (unpaired) electrons. The first-order valence-corrected chi connectivity index (χ1v) is 12.4. The Bertz CT molecular complexity index is 1060. The van der Waals surface area contributed by atoms with Gasteiger partial charge >= 0.3 is 0 Å². The lowest BCUT2D eigenvalue weighted by Gasteiger charge is -2.42. The molecular weight excluding hydrogens is 460 g/mol. The summed E-state index contributed by atoms with van der Waals surface area (Å²) < 4.78 is 1.07. The molecule has 2 saturated heterocycles. The Kier molecular flexibility index (Phi) is 6.42. The largest absolute Gasteiger partial charge is 0.335 e.